The number of esters is 1. The number of ketones is 1. The summed E-state index contributed by atoms with van der Waals surface area (Å²) < 4.78 is 49.8. The second-order valence-corrected chi connectivity index (χ2v) is 12.9. The number of cyclic esters (lactones) is 1. The molecule has 1 aliphatic rings. The number of alkyl halides is 3. The lowest BCUT2D eigenvalue weighted by molar-refractivity contribution is -0.261. The van der Waals surface area contributed by atoms with Crippen molar-refractivity contribution in [1.82, 2.24) is 4.98 Å². The van der Waals surface area contributed by atoms with Gasteiger partial charge in [0.15, 0.2) is 0 Å². The lowest BCUT2D eigenvalue weighted by Gasteiger charge is -2.39. The highest BCUT2D eigenvalue weighted by Gasteiger charge is 2.60. The molecule has 1 aromatic rings. The largest absolute Gasteiger partial charge is 0.445 e. The fourth-order valence-corrected chi connectivity index (χ4v) is 5.70. The van der Waals surface area contributed by atoms with Gasteiger partial charge in [-0.1, -0.05) is 34.1 Å². The van der Waals surface area contributed by atoms with Crippen molar-refractivity contribution in [2.24, 2.45) is 17.3 Å². The molecule has 3 N–H and O–H groups in total. The van der Waals surface area contributed by atoms with Gasteiger partial charge in [-0.2, -0.15) is 13.2 Å². The summed E-state index contributed by atoms with van der Waals surface area (Å²) in [5.74, 6) is -3.09. The number of thiazole rings is 1. The second kappa shape index (κ2) is 12.4. The summed E-state index contributed by atoms with van der Waals surface area (Å²) in [5.41, 5.74) is -6.19. The second-order valence-electron chi connectivity index (χ2n) is 11.9. The number of halogens is 3. The molecule has 1 aromatic heterocycles. The first-order valence-electron chi connectivity index (χ1n) is 13.3. The topological polar surface area (TPSA) is 117 Å². The number of carbonyl (C=O) groups excluding carboxylic acids is 2. The van der Waals surface area contributed by atoms with E-state index in [9.17, 15) is 38.1 Å². The fraction of sp³-hybridized carbons (Fsp3) is 0.750. The molecule has 6 unspecified atom stereocenters. The van der Waals surface area contributed by atoms with Gasteiger partial charge < -0.3 is 20.1 Å². The Kier molecular flexibility index (Phi) is 10.6. The number of aliphatic hydroxyl groups is 3. The van der Waals surface area contributed by atoms with Crippen LogP contribution in [0.5, 0.6) is 0 Å². The van der Waals surface area contributed by atoms with E-state index >= 15 is 0 Å². The summed E-state index contributed by atoms with van der Waals surface area (Å²) in [6.07, 6.45) is -7.52. The Morgan fingerprint density at radius 1 is 1.15 bits per heavy atom. The van der Waals surface area contributed by atoms with Gasteiger partial charge in [0.25, 0.3) is 0 Å². The van der Waals surface area contributed by atoms with Crippen molar-refractivity contribution in [3.05, 3.63) is 21.7 Å². The standard InChI is InChI=1S/C28H42F3NO6S/c1-16-9-8-10-26(7,37)11-12-27(28(29,30)31,17(2)13-20-15-39-19(4)32-20)38-22(34)14-21(33)25(5,6)24(36)18(3)23(16)35/h13,15-16,18,21,23,33,35,37H,8-12,14H2,1-7H3/b17-13+. The van der Waals surface area contributed by atoms with Crippen LogP contribution in [-0.4, -0.2) is 61.6 Å². The van der Waals surface area contributed by atoms with E-state index in [1.807, 2.05) is 0 Å². The average molecular weight is 578 g/mol. The predicted octanol–water partition coefficient (Wildman–Crippen LogP) is 5.39. The maximum Gasteiger partial charge on any atom is 0.432 e. The summed E-state index contributed by atoms with van der Waals surface area (Å²) in [6.45, 7) is 10.4. The summed E-state index contributed by atoms with van der Waals surface area (Å²) in [4.78, 5) is 30.4. The van der Waals surface area contributed by atoms with Crippen molar-refractivity contribution < 1.29 is 42.8 Å². The molecule has 1 saturated heterocycles. The smallest absolute Gasteiger partial charge is 0.432 e. The van der Waals surface area contributed by atoms with Gasteiger partial charge in [-0.05, 0) is 57.6 Å². The van der Waals surface area contributed by atoms with Crippen LogP contribution in [0.25, 0.3) is 6.08 Å². The Bertz CT molecular complexity index is 1050. The molecule has 0 amide bonds. The van der Waals surface area contributed by atoms with Crippen LogP contribution in [0.4, 0.5) is 13.2 Å². The minimum atomic E-state index is -5.06. The van der Waals surface area contributed by atoms with Crippen molar-refractivity contribution in [1.29, 1.82) is 0 Å². The molecule has 2 heterocycles. The molecular formula is C28H42F3NO6S. The third-order valence-electron chi connectivity index (χ3n) is 8.11. The molecule has 0 spiro atoms. The van der Waals surface area contributed by atoms with Gasteiger partial charge in [0.05, 0.1) is 40.3 Å². The number of nitrogens with zero attached hydrogens (tertiary/aromatic N) is 1. The highest BCUT2D eigenvalue weighted by atomic mass is 32.1. The van der Waals surface area contributed by atoms with Crippen LogP contribution < -0.4 is 0 Å². The summed E-state index contributed by atoms with van der Waals surface area (Å²) >= 11 is 1.26. The number of hydrogen-bond donors (Lipinski definition) is 3. The van der Waals surface area contributed by atoms with Gasteiger partial charge in [0.2, 0.25) is 5.60 Å². The van der Waals surface area contributed by atoms with Crippen LogP contribution in [0, 0.1) is 24.2 Å². The number of rotatable bonds is 2. The first-order chi connectivity index (χ1) is 17.7. The zero-order valence-electron chi connectivity index (χ0n) is 23.8. The maximum absolute atomic E-state index is 14.9. The van der Waals surface area contributed by atoms with Crippen molar-refractivity contribution in [3.63, 3.8) is 0 Å². The average Bonchev–Trinajstić information content (AvgIpc) is 3.22. The molecule has 1 fully saturated rings. The summed E-state index contributed by atoms with van der Waals surface area (Å²) in [6, 6.07) is 0. The molecule has 0 bridgehead atoms. The Morgan fingerprint density at radius 3 is 2.31 bits per heavy atom. The van der Waals surface area contributed by atoms with E-state index in [1.54, 1.807) is 19.2 Å². The Morgan fingerprint density at radius 2 is 1.77 bits per heavy atom. The third kappa shape index (κ3) is 7.89. The van der Waals surface area contributed by atoms with E-state index in [2.05, 4.69) is 4.98 Å². The minimum Gasteiger partial charge on any atom is -0.445 e. The van der Waals surface area contributed by atoms with Crippen molar-refractivity contribution in [2.45, 2.75) is 117 Å². The third-order valence-corrected chi connectivity index (χ3v) is 8.90. The molecule has 11 heteroatoms. The summed E-state index contributed by atoms with van der Waals surface area (Å²) in [7, 11) is 0. The summed E-state index contributed by atoms with van der Waals surface area (Å²) in [5, 5.41) is 34.8. The Balaban J connectivity index is 2.59. The molecule has 2 rings (SSSR count). The van der Waals surface area contributed by atoms with Gasteiger partial charge in [0.1, 0.15) is 5.78 Å². The number of ether oxygens (including phenoxy) is 1. The number of aromatic nitrogens is 1. The molecule has 0 aliphatic carbocycles. The van der Waals surface area contributed by atoms with E-state index in [1.165, 1.54) is 52.0 Å². The molecule has 0 aromatic carbocycles. The monoisotopic (exact) mass is 577 g/mol. The Hall–Kier alpha value is -1.82. The Labute approximate surface area is 232 Å². The quantitative estimate of drug-likeness (QED) is 0.403. The zero-order valence-corrected chi connectivity index (χ0v) is 24.6. The van der Waals surface area contributed by atoms with Gasteiger partial charge in [-0.25, -0.2) is 4.98 Å². The van der Waals surface area contributed by atoms with E-state index < -0.39 is 65.5 Å². The van der Waals surface area contributed by atoms with E-state index in [4.69, 9.17) is 4.74 Å². The number of Topliss-reactive ketones (excluding diaryl/α,β-unsaturated/α-hetero) is 1. The van der Waals surface area contributed by atoms with Crippen molar-refractivity contribution in [3.8, 4) is 0 Å². The lowest BCUT2D eigenvalue weighted by Crippen LogP contribution is -2.52. The van der Waals surface area contributed by atoms with E-state index in [0.717, 1.165) is 0 Å². The molecular weight excluding hydrogens is 535 g/mol. The van der Waals surface area contributed by atoms with Crippen LogP contribution in [0.3, 0.4) is 0 Å². The van der Waals surface area contributed by atoms with Crippen molar-refractivity contribution >= 4 is 29.2 Å². The molecule has 6 atom stereocenters. The molecule has 1 aliphatic heterocycles. The number of carbonyl (C=O) groups is 2. The van der Waals surface area contributed by atoms with Gasteiger partial charge in [-0.3, -0.25) is 9.59 Å². The number of aliphatic hydroxyl groups excluding tert-OH is 2. The SMILES string of the molecule is C/C(=C\c1csc(C)n1)C1(C(F)(F)F)CCC(C)(O)CCCC(C)C(O)C(C)C(=O)C(C)(C)C(O)CC(=O)O1. The fourth-order valence-electron chi connectivity index (χ4n) is 5.13. The van der Waals surface area contributed by atoms with E-state index in [-0.39, 0.29) is 30.0 Å². The molecule has 222 valence electrons. The molecule has 0 radical (unpaired) electrons. The molecule has 7 nitrogen and oxygen atoms in total. The highest BCUT2D eigenvalue weighted by Crippen LogP contribution is 2.46. The lowest BCUT2D eigenvalue weighted by atomic mass is 9.72. The highest BCUT2D eigenvalue weighted by molar-refractivity contribution is 7.09. The first kappa shape index (κ1) is 33.4. The minimum absolute atomic E-state index is 0.145. The van der Waals surface area contributed by atoms with Crippen LogP contribution in [0.2, 0.25) is 0 Å². The number of hydrogen-bond acceptors (Lipinski definition) is 8. The maximum atomic E-state index is 14.9. The zero-order chi connectivity index (χ0) is 30.0. The normalized spacial score (nSPS) is 34.5. The van der Waals surface area contributed by atoms with E-state index in [0.29, 0.717) is 17.8 Å². The first-order valence-corrected chi connectivity index (χ1v) is 14.1. The van der Waals surface area contributed by atoms with Crippen molar-refractivity contribution in [2.75, 3.05) is 0 Å². The van der Waals surface area contributed by atoms with Crippen LogP contribution in [-0.2, 0) is 14.3 Å². The van der Waals surface area contributed by atoms with Gasteiger partial charge in [-0.15, -0.1) is 11.3 Å². The molecule has 39 heavy (non-hydrogen) atoms. The van der Waals surface area contributed by atoms with Gasteiger partial charge >= 0.3 is 12.1 Å². The predicted molar refractivity (Wildman–Crippen MR) is 143 cm³/mol. The number of aryl methyl sites for hydroxylation is 1. The van der Waals surface area contributed by atoms with Crippen LogP contribution >= 0.6 is 11.3 Å². The van der Waals surface area contributed by atoms with Gasteiger partial charge in [0, 0.05) is 17.7 Å². The van der Waals surface area contributed by atoms with Crippen LogP contribution in [0.1, 0.15) is 90.8 Å². The molecule has 0 saturated carbocycles. The van der Waals surface area contributed by atoms with Crippen LogP contribution in [0.15, 0.2) is 11.0 Å².